The molecule has 3 aromatic rings. The number of amides is 1. The molecule has 0 bridgehead atoms. The Bertz CT molecular complexity index is 1340. The maximum atomic E-state index is 13.2. The average molecular weight is 463 g/mol. The highest BCUT2D eigenvalue weighted by molar-refractivity contribution is 6.52. The van der Waals surface area contributed by atoms with Crippen molar-refractivity contribution in [3.05, 3.63) is 69.6 Å². The molecule has 1 heterocycles. The molecule has 0 fully saturated rings. The fourth-order valence-electron chi connectivity index (χ4n) is 3.68. The van der Waals surface area contributed by atoms with Gasteiger partial charge in [0.15, 0.2) is 0 Å². The van der Waals surface area contributed by atoms with Crippen LogP contribution in [-0.4, -0.2) is 40.5 Å². The van der Waals surface area contributed by atoms with Crippen LogP contribution < -0.4 is 10.9 Å². The number of ketones is 2. The molecule has 2 aromatic carbocycles. The number of aromatic nitrogens is 2. The molecule has 0 saturated heterocycles. The van der Waals surface area contributed by atoms with E-state index in [4.69, 9.17) is 0 Å². The lowest BCUT2D eigenvalue weighted by molar-refractivity contribution is -0.154. The molecular weight excluding hydrogens is 438 g/mol. The van der Waals surface area contributed by atoms with E-state index < -0.39 is 40.6 Å². The summed E-state index contributed by atoms with van der Waals surface area (Å²) in [6, 6.07) is 12.0. The van der Waals surface area contributed by atoms with Crippen molar-refractivity contribution in [1.29, 1.82) is 0 Å². The Morgan fingerprint density at radius 2 is 1.74 bits per heavy atom. The number of carbonyl (C=O) groups excluding carboxylic acids is 4. The third-order valence-electron chi connectivity index (χ3n) is 5.46. The number of rotatable bonds is 8. The van der Waals surface area contributed by atoms with Crippen LogP contribution in [0.4, 0.5) is 5.69 Å². The monoisotopic (exact) mass is 463 g/mol. The van der Waals surface area contributed by atoms with Crippen LogP contribution in [0.15, 0.2) is 47.3 Å². The summed E-state index contributed by atoms with van der Waals surface area (Å²) in [4.78, 5) is 70.5. The second kappa shape index (κ2) is 10.2. The van der Waals surface area contributed by atoms with Gasteiger partial charge in [-0.3, -0.25) is 19.2 Å². The van der Waals surface area contributed by atoms with Gasteiger partial charge < -0.3 is 15.0 Å². The van der Waals surface area contributed by atoms with E-state index in [0.29, 0.717) is 17.6 Å². The smallest absolute Gasteiger partial charge is 0.375 e. The number of methoxy groups -OCH3 is 1. The van der Waals surface area contributed by atoms with E-state index in [-0.39, 0.29) is 11.4 Å². The standard InChI is InChI=1S/C25H25N3O6/c1-5-14-9-8-10-15(13(2)3)19(14)28-24(32)21(29)18(22(30)25(33)34-4)20-23(31)27-17-12-7-6-11-16(17)26-20/h6-13,18H,5H2,1-4H3,(H,27,31)(H,28,32). The zero-order valence-corrected chi connectivity index (χ0v) is 19.3. The summed E-state index contributed by atoms with van der Waals surface area (Å²) < 4.78 is 4.46. The summed E-state index contributed by atoms with van der Waals surface area (Å²) in [5, 5.41) is 2.60. The van der Waals surface area contributed by atoms with E-state index in [1.165, 1.54) is 0 Å². The lowest BCUT2D eigenvalue weighted by atomic mass is 9.93. The topological polar surface area (TPSA) is 135 Å². The van der Waals surface area contributed by atoms with Gasteiger partial charge in [0.1, 0.15) is 11.6 Å². The molecule has 0 radical (unpaired) electrons. The Kier molecular flexibility index (Phi) is 7.35. The number of nitrogens with one attached hydrogen (secondary N) is 2. The van der Waals surface area contributed by atoms with Crippen molar-refractivity contribution < 1.29 is 23.9 Å². The first-order valence-electron chi connectivity index (χ1n) is 10.8. The van der Waals surface area contributed by atoms with Crippen molar-refractivity contribution in [3.63, 3.8) is 0 Å². The number of Topliss-reactive ketones (excluding diaryl/α,β-unsaturated/α-hetero) is 2. The molecule has 1 amide bonds. The van der Waals surface area contributed by atoms with Gasteiger partial charge >= 0.3 is 5.97 Å². The van der Waals surface area contributed by atoms with Crippen molar-refractivity contribution in [2.75, 3.05) is 12.4 Å². The molecule has 176 valence electrons. The Labute approximate surface area is 195 Å². The Hall–Kier alpha value is -4.14. The number of benzene rings is 2. The third-order valence-corrected chi connectivity index (χ3v) is 5.46. The maximum Gasteiger partial charge on any atom is 0.375 e. The molecule has 3 rings (SSSR count). The van der Waals surface area contributed by atoms with Gasteiger partial charge in [-0.1, -0.05) is 51.1 Å². The summed E-state index contributed by atoms with van der Waals surface area (Å²) in [6.07, 6.45) is 0.584. The SMILES string of the molecule is CCc1cccc(C(C)C)c1NC(=O)C(=O)C(C(=O)C(=O)OC)c1nc2ccccc2[nH]c1=O. The average Bonchev–Trinajstić information content (AvgIpc) is 2.83. The molecule has 1 atom stereocenters. The number of hydrogen-bond acceptors (Lipinski definition) is 7. The van der Waals surface area contributed by atoms with E-state index in [9.17, 15) is 24.0 Å². The van der Waals surface area contributed by atoms with Crippen LogP contribution in [0, 0.1) is 0 Å². The molecule has 1 aromatic heterocycles. The van der Waals surface area contributed by atoms with E-state index in [2.05, 4.69) is 20.0 Å². The lowest BCUT2D eigenvalue weighted by Crippen LogP contribution is -2.39. The number of H-pyrrole nitrogens is 1. The Balaban J connectivity index is 2.09. The van der Waals surface area contributed by atoms with Crippen LogP contribution in [0.2, 0.25) is 0 Å². The number of para-hydroxylation sites is 3. The highest BCUT2D eigenvalue weighted by Gasteiger charge is 2.40. The number of esters is 1. The van der Waals surface area contributed by atoms with Gasteiger partial charge in [0.05, 0.1) is 18.1 Å². The fraction of sp³-hybridized carbons (Fsp3) is 0.280. The largest absolute Gasteiger partial charge is 0.463 e. The predicted octanol–water partition coefficient (Wildman–Crippen LogP) is 2.64. The van der Waals surface area contributed by atoms with Crippen LogP contribution in [0.3, 0.4) is 0 Å². The quantitative estimate of drug-likeness (QED) is 0.298. The van der Waals surface area contributed by atoms with Gasteiger partial charge in [0, 0.05) is 5.69 Å². The molecule has 1 unspecified atom stereocenters. The van der Waals surface area contributed by atoms with E-state index in [1.807, 2.05) is 39.0 Å². The molecular formula is C25H25N3O6. The highest BCUT2D eigenvalue weighted by Crippen LogP contribution is 2.29. The molecule has 0 aliphatic rings. The van der Waals surface area contributed by atoms with Crippen LogP contribution in [0.5, 0.6) is 0 Å². The lowest BCUT2D eigenvalue weighted by Gasteiger charge is -2.18. The van der Waals surface area contributed by atoms with Crippen LogP contribution >= 0.6 is 0 Å². The van der Waals surface area contributed by atoms with Gasteiger partial charge in [0.2, 0.25) is 5.78 Å². The molecule has 2 N–H and O–H groups in total. The number of ether oxygens (including phenoxy) is 1. The van der Waals surface area contributed by atoms with E-state index in [0.717, 1.165) is 18.2 Å². The molecule has 0 saturated carbocycles. The van der Waals surface area contributed by atoms with Crippen molar-refractivity contribution >= 4 is 40.2 Å². The summed E-state index contributed by atoms with van der Waals surface area (Å²) >= 11 is 0. The maximum absolute atomic E-state index is 13.2. The zero-order chi connectivity index (χ0) is 25.0. The number of fused-ring (bicyclic) bond motifs is 1. The minimum atomic E-state index is -2.06. The molecule has 0 aliphatic carbocycles. The minimum Gasteiger partial charge on any atom is -0.463 e. The van der Waals surface area contributed by atoms with Gasteiger partial charge in [0.25, 0.3) is 17.2 Å². The molecule has 9 nitrogen and oxygen atoms in total. The number of nitrogens with zero attached hydrogens (tertiary/aromatic N) is 1. The van der Waals surface area contributed by atoms with E-state index in [1.54, 1.807) is 24.3 Å². The third kappa shape index (κ3) is 4.78. The number of anilines is 1. The first kappa shape index (κ1) is 24.5. The second-order valence-electron chi connectivity index (χ2n) is 7.97. The summed E-state index contributed by atoms with van der Waals surface area (Å²) in [7, 11) is 0.965. The van der Waals surface area contributed by atoms with E-state index >= 15 is 0 Å². The first-order chi connectivity index (χ1) is 16.2. The van der Waals surface area contributed by atoms with Gasteiger partial charge in [-0.25, -0.2) is 9.78 Å². The van der Waals surface area contributed by atoms with Crippen molar-refractivity contribution in [2.45, 2.75) is 39.0 Å². The first-order valence-corrected chi connectivity index (χ1v) is 10.8. The molecule has 0 spiro atoms. The number of aryl methyl sites for hydroxylation is 1. The van der Waals surface area contributed by atoms with Gasteiger partial charge in [-0.05, 0) is 35.6 Å². The van der Waals surface area contributed by atoms with Crippen molar-refractivity contribution in [2.24, 2.45) is 0 Å². The Morgan fingerprint density at radius 3 is 2.38 bits per heavy atom. The molecule has 9 heteroatoms. The minimum absolute atomic E-state index is 0.0365. The van der Waals surface area contributed by atoms with Crippen molar-refractivity contribution in [1.82, 2.24) is 9.97 Å². The molecule has 0 aliphatic heterocycles. The van der Waals surface area contributed by atoms with Crippen LogP contribution in [-0.2, 0) is 30.3 Å². The number of hydrogen-bond donors (Lipinski definition) is 2. The Morgan fingerprint density at radius 1 is 1.03 bits per heavy atom. The zero-order valence-electron chi connectivity index (χ0n) is 19.3. The summed E-state index contributed by atoms with van der Waals surface area (Å²) in [6.45, 7) is 5.78. The van der Waals surface area contributed by atoms with Crippen LogP contribution in [0.25, 0.3) is 11.0 Å². The predicted molar refractivity (Wildman–Crippen MR) is 126 cm³/mol. The van der Waals surface area contributed by atoms with Crippen molar-refractivity contribution in [3.8, 4) is 0 Å². The summed E-state index contributed by atoms with van der Waals surface area (Å²) in [5.41, 5.74) is 1.30. The number of aromatic amines is 1. The van der Waals surface area contributed by atoms with Gasteiger partial charge in [-0.2, -0.15) is 0 Å². The second-order valence-corrected chi connectivity index (χ2v) is 7.97. The molecule has 34 heavy (non-hydrogen) atoms. The number of carbonyl (C=O) groups is 4. The fourth-order valence-corrected chi connectivity index (χ4v) is 3.68. The summed E-state index contributed by atoms with van der Waals surface area (Å²) in [5.74, 6) is -7.17. The van der Waals surface area contributed by atoms with Crippen LogP contribution in [0.1, 0.15) is 49.4 Å². The normalized spacial score (nSPS) is 11.8. The van der Waals surface area contributed by atoms with Gasteiger partial charge in [-0.15, -0.1) is 0 Å². The highest BCUT2D eigenvalue weighted by atomic mass is 16.5.